The first-order valence-corrected chi connectivity index (χ1v) is 5.99. The molecule has 0 saturated carbocycles. The summed E-state index contributed by atoms with van der Waals surface area (Å²) in [4.78, 5) is 4.56. The Balaban J connectivity index is 2.98. The highest BCUT2D eigenvalue weighted by Gasteiger charge is 2.14. The van der Waals surface area contributed by atoms with Crippen LogP contribution >= 0.6 is 15.9 Å². The summed E-state index contributed by atoms with van der Waals surface area (Å²) in [6, 6.07) is 3.81. The molecule has 0 aliphatic heterocycles. The topological polar surface area (TPSA) is 60.2 Å². The molecule has 0 aliphatic carbocycles. The SMILES string of the molecule is COc1ccc(Br)c2c(NN)c(C)c(C)nc12. The number of nitrogens with one attached hydrogen (secondary N) is 1. The quantitative estimate of drug-likeness (QED) is 0.661. The number of aryl methyl sites for hydroxylation is 1. The lowest BCUT2D eigenvalue weighted by Gasteiger charge is -2.14. The van der Waals surface area contributed by atoms with Crippen LogP contribution in [-0.2, 0) is 0 Å². The fourth-order valence-electron chi connectivity index (χ4n) is 1.86. The highest BCUT2D eigenvalue weighted by Crippen LogP contribution is 2.37. The van der Waals surface area contributed by atoms with Crippen molar-refractivity contribution in [2.75, 3.05) is 12.5 Å². The molecule has 1 aromatic heterocycles. The molecule has 0 radical (unpaired) electrons. The molecule has 0 unspecified atom stereocenters. The van der Waals surface area contributed by atoms with Gasteiger partial charge in [-0.15, -0.1) is 0 Å². The zero-order chi connectivity index (χ0) is 12.6. The molecule has 0 bridgehead atoms. The number of hydrogen-bond acceptors (Lipinski definition) is 4. The molecule has 2 rings (SSSR count). The maximum Gasteiger partial charge on any atom is 0.145 e. The maximum absolute atomic E-state index is 5.61. The number of nitrogens with two attached hydrogens (primary N) is 1. The number of halogens is 1. The number of hydrogen-bond donors (Lipinski definition) is 2. The Morgan fingerprint density at radius 1 is 1.35 bits per heavy atom. The van der Waals surface area contributed by atoms with Gasteiger partial charge in [0.15, 0.2) is 0 Å². The standard InChI is InChI=1S/C12H14BrN3O/c1-6-7(2)15-12-9(17-3)5-4-8(13)10(12)11(6)16-14/h4-5H,14H2,1-3H3,(H,15,16). The van der Waals surface area contributed by atoms with Gasteiger partial charge in [0.25, 0.3) is 0 Å². The lowest BCUT2D eigenvalue weighted by atomic mass is 10.1. The maximum atomic E-state index is 5.61. The molecule has 0 aliphatic rings. The summed E-state index contributed by atoms with van der Waals surface area (Å²) in [6.45, 7) is 3.94. The normalized spacial score (nSPS) is 10.6. The van der Waals surface area contributed by atoms with Crippen molar-refractivity contribution in [1.82, 2.24) is 4.98 Å². The molecule has 0 spiro atoms. The summed E-state index contributed by atoms with van der Waals surface area (Å²) in [7, 11) is 1.63. The molecule has 2 aromatic rings. The summed E-state index contributed by atoms with van der Waals surface area (Å²) in [5.74, 6) is 6.35. The number of pyridine rings is 1. The Morgan fingerprint density at radius 2 is 2.06 bits per heavy atom. The van der Waals surface area contributed by atoms with Crippen molar-refractivity contribution < 1.29 is 4.74 Å². The van der Waals surface area contributed by atoms with Gasteiger partial charge in [0.05, 0.1) is 12.8 Å². The highest BCUT2D eigenvalue weighted by atomic mass is 79.9. The first kappa shape index (κ1) is 12.1. The van der Waals surface area contributed by atoms with Gasteiger partial charge in [-0.25, -0.2) is 4.98 Å². The van der Waals surface area contributed by atoms with Gasteiger partial charge in [-0.1, -0.05) is 15.9 Å². The van der Waals surface area contributed by atoms with Gasteiger partial charge in [-0.3, -0.25) is 5.84 Å². The van der Waals surface area contributed by atoms with E-state index in [9.17, 15) is 0 Å². The smallest absolute Gasteiger partial charge is 0.145 e. The molecule has 1 aromatic carbocycles. The minimum absolute atomic E-state index is 0.739. The van der Waals surface area contributed by atoms with Crippen LogP contribution in [0.15, 0.2) is 16.6 Å². The average Bonchev–Trinajstić information content (AvgIpc) is 2.32. The second kappa shape index (κ2) is 4.50. The molecule has 3 N–H and O–H groups in total. The summed E-state index contributed by atoms with van der Waals surface area (Å²) in [6.07, 6.45) is 0. The number of rotatable bonds is 2. The lowest BCUT2D eigenvalue weighted by Crippen LogP contribution is -2.10. The number of aromatic nitrogens is 1. The molecule has 0 saturated heterocycles. The van der Waals surface area contributed by atoms with Crippen molar-refractivity contribution in [3.63, 3.8) is 0 Å². The summed E-state index contributed by atoms with van der Waals surface area (Å²) in [5, 5.41) is 0.940. The van der Waals surface area contributed by atoms with Crippen molar-refractivity contribution in [1.29, 1.82) is 0 Å². The van der Waals surface area contributed by atoms with Gasteiger partial charge >= 0.3 is 0 Å². The second-order valence-corrected chi connectivity index (χ2v) is 4.67. The monoisotopic (exact) mass is 295 g/mol. The van der Waals surface area contributed by atoms with Crippen LogP contribution in [-0.4, -0.2) is 12.1 Å². The van der Waals surface area contributed by atoms with Crippen LogP contribution < -0.4 is 16.0 Å². The predicted octanol–water partition coefficient (Wildman–Crippen LogP) is 2.91. The zero-order valence-electron chi connectivity index (χ0n) is 9.97. The van der Waals surface area contributed by atoms with Crippen molar-refractivity contribution in [3.8, 4) is 5.75 Å². The van der Waals surface area contributed by atoms with Crippen molar-refractivity contribution in [3.05, 3.63) is 27.9 Å². The van der Waals surface area contributed by atoms with E-state index >= 15 is 0 Å². The van der Waals surface area contributed by atoms with Crippen molar-refractivity contribution in [2.24, 2.45) is 5.84 Å². The number of nitrogens with zero attached hydrogens (tertiary/aromatic N) is 1. The van der Waals surface area contributed by atoms with Gasteiger partial charge in [0, 0.05) is 15.6 Å². The van der Waals surface area contributed by atoms with Gasteiger partial charge in [-0.2, -0.15) is 0 Å². The Bertz CT molecular complexity index is 584. The van der Waals surface area contributed by atoms with Crippen LogP contribution in [0.5, 0.6) is 5.75 Å². The molecule has 0 amide bonds. The summed E-state index contributed by atoms with van der Waals surface area (Å²) >= 11 is 3.52. The first-order chi connectivity index (χ1) is 8.10. The van der Waals surface area contributed by atoms with E-state index in [0.29, 0.717) is 0 Å². The van der Waals surface area contributed by atoms with Crippen LogP contribution in [0.1, 0.15) is 11.3 Å². The van der Waals surface area contributed by atoms with Gasteiger partial charge in [-0.05, 0) is 31.5 Å². The molecule has 4 nitrogen and oxygen atoms in total. The molecule has 5 heteroatoms. The third-order valence-electron chi connectivity index (χ3n) is 2.90. The van der Waals surface area contributed by atoms with Crippen LogP contribution in [0.3, 0.4) is 0 Å². The number of methoxy groups -OCH3 is 1. The minimum atomic E-state index is 0.739. The van der Waals surface area contributed by atoms with Gasteiger partial charge in [0.2, 0.25) is 0 Å². The molecular weight excluding hydrogens is 282 g/mol. The van der Waals surface area contributed by atoms with E-state index in [0.717, 1.165) is 38.1 Å². The first-order valence-electron chi connectivity index (χ1n) is 5.20. The second-order valence-electron chi connectivity index (χ2n) is 3.81. The molecule has 17 heavy (non-hydrogen) atoms. The number of benzene rings is 1. The van der Waals surface area contributed by atoms with E-state index < -0.39 is 0 Å². The molecule has 0 atom stereocenters. The predicted molar refractivity (Wildman–Crippen MR) is 73.3 cm³/mol. The van der Waals surface area contributed by atoms with Crippen LogP contribution in [0.25, 0.3) is 10.9 Å². The van der Waals surface area contributed by atoms with E-state index in [4.69, 9.17) is 10.6 Å². The number of nitrogen functional groups attached to an aromatic ring is 1. The summed E-state index contributed by atoms with van der Waals surface area (Å²) < 4.78 is 6.27. The van der Waals surface area contributed by atoms with Crippen molar-refractivity contribution in [2.45, 2.75) is 13.8 Å². The minimum Gasteiger partial charge on any atom is -0.494 e. The van der Waals surface area contributed by atoms with Crippen LogP contribution in [0.2, 0.25) is 0 Å². The van der Waals surface area contributed by atoms with E-state index in [2.05, 4.69) is 26.3 Å². The Kier molecular flexibility index (Phi) is 3.22. The van der Waals surface area contributed by atoms with Crippen LogP contribution in [0, 0.1) is 13.8 Å². The molecular formula is C12H14BrN3O. The molecule has 1 heterocycles. The van der Waals surface area contributed by atoms with E-state index in [1.165, 1.54) is 0 Å². The average molecular weight is 296 g/mol. The highest BCUT2D eigenvalue weighted by molar-refractivity contribution is 9.10. The number of fused-ring (bicyclic) bond motifs is 1. The van der Waals surface area contributed by atoms with Gasteiger partial charge in [0.1, 0.15) is 11.3 Å². The Morgan fingerprint density at radius 3 is 2.65 bits per heavy atom. The third-order valence-corrected chi connectivity index (χ3v) is 3.56. The van der Waals surface area contributed by atoms with E-state index in [1.807, 2.05) is 26.0 Å². The molecule has 0 fully saturated rings. The largest absolute Gasteiger partial charge is 0.494 e. The van der Waals surface area contributed by atoms with Crippen LogP contribution in [0.4, 0.5) is 5.69 Å². The zero-order valence-corrected chi connectivity index (χ0v) is 11.6. The Hall–Kier alpha value is -1.33. The number of anilines is 1. The number of hydrazine groups is 1. The Labute approximate surface area is 108 Å². The fourth-order valence-corrected chi connectivity index (χ4v) is 2.38. The third kappa shape index (κ3) is 1.85. The van der Waals surface area contributed by atoms with E-state index in [1.54, 1.807) is 7.11 Å². The molecule has 90 valence electrons. The van der Waals surface area contributed by atoms with E-state index in [-0.39, 0.29) is 0 Å². The lowest BCUT2D eigenvalue weighted by molar-refractivity contribution is 0.419. The fraction of sp³-hybridized carbons (Fsp3) is 0.250. The van der Waals surface area contributed by atoms with Gasteiger partial charge < -0.3 is 10.2 Å². The van der Waals surface area contributed by atoms with Crippen molar-refractivity contribution >= 4 is 32.5 Å². The summed E-state index contributed by atoms with van der Waals surface area (Å²) in [5.41, 5.74) is 6.39. The number of ether oxygens (including phenoxy) is 1.